The van der Waals surface area contributed by atoms with Gasteiger partial charge in [0.15, 0.2) is 11.5 Å². The molecule has 0 bridgehead atoms. The van der Waals surface area contributed by atoms with E-state index in [-0.39, 0.29) is 6.54 Å². The predicted octanol–water partition coefficient (Wildman–Crippen LogP) is 2.91. The van der Waals surface area contributed by atoms with Crippen LogP contribution in [0.15, 0.2) is 60.7 Å². The zero-order valence-electron chi connectivity index (χ0n) is 15.1. The number of hydrogen-bond acceptors (Lipinski definition) is 5. The van der Waals surface area contributed by atoms with Gasteiger partial charge < -0.3 is 10.6 Å². The second kappa shape index (κ2) is 8.01. The fraction of sp³-hybridized carbons (Fsp3) is 0.100. The van der Waals surface area contributed by atoms with Crippen LogP contribution in [0.5, 0.6) is 0 Å². The zero-order valence-corrected chi connectivity index (χ0v) is 15.1. The van der Waals surface area contributed by atoms with Crippen molar-refractivity contribution < 1.29 is 13.6 Å². The van der Waals surface area contributed by atoms with Gasteiger partial charge in [-0.2, -0.15) is 4.52 Å². The van der Waals surface area contributed by atoms with Crippen LogP contribution in [-0.4, -0.2) is 38.8 Å². The fourth-order valence-corrected chi connectivity index (χ4v) is 2.82. The van der Waals surface area contributed by atoms with Crippen LogP contribution in [0, 0.1) is 11.6 Å². The number of nitrogens with one attached hydrogen (secondary N) is 2. The number of benzene rings is 2. The highest BCUT2D eigenvalue weighted by Gasteiger charge is 2.16. The van der Waals surface area contributed by atoms with Crippen LogP contribution in [0.2, 0.25) is 0 Å². The van der Waals surface area contributed by atoms with Crippen molar-refractivity contribution in [2.45, 2.75) is 0 Å². The van der Waals surface area contributed by atoms with Gasteiger partial charge in [-0.25, -0.2) is 8.78 Å². The van der Waals surface area contributed by atoms with Crippen molar-refractivity contribution in [2.75, 3.05) is 18.4 Å². The highest BCUT2D eigenvalue weighted by molar-refractivity contribution is 5.94. The number of rotatable bonds is 6. The largest absolute Gasteiger partial charge is 0.367 e. The minimum atomic E-state index is -0.899. The van der Waals surface area contributed by atoms with Gasteiger partial charge in [-0.05, 0) is 24.3 Å². The summed E-state index contributed by atoms with van der Waals surface area (Å²) in [7, 11) is 0. The van der Waals surface area contributed by atoms with E-state index >= 15 is 0 Å². The lowest BCUT2D eigenvalue weighted by Crippen LogP contribution is -2.30. The summed E-state index contributed by atoms with van der Waals surface area (Å²) in [4.78, 5) is 12.0. The molecule has 1 amide bonds. The van der Waals surface area contributed by atoms with Gasteiger partial charge in [0.25, 0.3) is 5.91 Å². The van der Waals surface area contributed by atoms with Crippen molar-refractivity contribution in [1.29, 1.82) is 0 Å². The molecule has 2 heterocycles. The Balaban J connectivity index is 1.41. The highest BCUT2D eigenvalue weighted by Crippen LogP contribution is 2.17. The Hall–Kier alpha value is -3.88. The molecule has 2 aromatic carbocycles. The predicted molar refractivity (Wildman–Crippen MR) is 103 cm³/mol. The third kappa shape index (κ3) is 3.88. The first-order chi connectivity index (χ1) is 14.1. The smallest absolute Gasteiger partial charge is 0.257 e. The van der Waals surface area contributed by atoms with Gasteiger partial charge in [-0.3, -0.25) is 4.79 Å². The van der Waals surface area contributed by atoms with Gasteiger partial charge in [-0.1, -0.05) is 36.4 Å². The molecule has 0 saturated carbocycles. The van der Waals surface area contributed by atoms with Gasteiger partial charge in [0.2, 0.25) is 0 Å². The van der Waals surface area contributed by atoms with E-state index < -0.39 is 23.1 Å². The molecule has 2 N–H and O–H groups in total. The van der Waals surface area contributed by atoms with Crippen LogP contribution in [0.3, 0.4) is 0 Å². The first-order valence-corrected chi connectivity index (χ1v) is 8.87. The van der Waals surface area contributed by atoms with Crippen molar-refractivity contribution in [3.8, 4) is 11.4 Å². The SMILES string of the molecule is O=C(NCCNc1ccc2nnc(-c3ccccc3)n2n1)c1c(F)cccc1F. The Morgan fingerprint density at radius 2 is 1.66 bits per heavy atom. The topological polar surface area (TPSA) is 84.2 Å². The van der Waals surface area contributed by atoms with E-state index in [1.165, 1.54) is 6.07 Å². The van der Waals surface area contributed by atoms with E-state index in [1.807, 2.05) is 30.3 Å². The summed E-state index contributed by atoms with van der Waals surface area (Å²) in [6, 6.07) is 16.3. The fourth-order valence-electron chi connectivity index (χ4n) is 2.82. The Morgan fingerprint density at radius 3 is 2.41 bits per heavy atom. The third-order valence-electron chi connectivity index (χ3n) is 4.20. The standard InChI is InChI=1S/C20H16F2N6O/c21-14-7-4-8-15(22)18(14)20(29)24-12-11-23-16-9-10-17-25-26-19(28(17)27-16)13-5-2-1-3-6-13/h1-10H,11-12H2,(H,23,27)(H,24,29). The van der Waals surface area contributed by atoms with Crippen molar-refractivity contribution >= 4 is 17.4 Å². The molecule has 146 valence electrons. The van der Waals surface area contributed by atoms with Gasteiger partial charge in [0, 0.05) is 18.7 Å². The summed E-state index contributed by atoms with van der Waals surface area (Å²) in [5, 5.41) is 18.3. The summed E-state index contributed by atoms with van der Waals surface area (Å²) in [5.41, 5.74) is 0.880. The lowest BCUT2D eigenvalue weighted by molar-refractivity contribution is 0.0946. The van der Waals surface area contributed by atoms with Crippen LogP contribution in [-0.2, 0) is 0 Å². The number of carbonyl (C=O) groups excluding carboxylic acids is 1. The number of carbonyl (C=O) groups is 1. The molecule has 0 aliphatic rings. The van der Waals surface area contributed by atoms with Gasteiger partial charge in [0.05, 0.1) is 0 Å². The maximum Gasteiger partial charge on any atom is 0.257 e. The minimum absolute atomic E-state index is 0.153. The van der Waals surface area contributed by atoms with E-state index in [4.69, 9.17) is 0 Å². The van der Waals surface area contributed by atoms with Crippen LogP contribution in [0.4, 0.5) is 14.6 Å². The maximum absolute atomic E-state index is 13.6. The lowest BCUT2D eigenvalue weighted by atomic mass is 10.2. The molecule has 0 atom stereocenters. The quantitative estimate of drug-likeness (QED) is 0.491. The van der Waals surface area contributed by atoms with Gasteiger partial charge >= 0.3 is 0 Å². The van der Waals surface area contributed by atoms with E-state index in [9.17, 15) is 13.6 Å². The Kier molecular flexibility index (Phi) is 5.10. The number of amides is 1. The molecule has 7 nitrogen and oxygen atoms in total. The van der Waals surface area contributed by atoms with Crippen LogP contribution < -0.4 is 10.6 Å². The Bertz CT molecular complexity index is 1140. The van der Waals surface area contributed by atoms with Crippen molar-refractivity contribution in [3.05, 3.63) is 77.9 Å². The maximum atomic E-state index is 13.6. The van der Waals surface area contributed by atoms with E-state index in [0.717, 1.165) is 17.7 Å². The first-order valence-electron chi connectivity index (χ1n) is 8.87. The van der Waals surface area contributed by atoms with Crippen LogP contribution in [0.1, 0.15) is 10.4 Å². The van der Waals surface area contributed by atoms with Gasteiger partial charge in [0.1, 0.15) is 23.0 Å². The summed E-state index contributed by atoms with van der Waals surface area (Å²) in [6.07, 6.45) is 0. The number of aromatic nitrogens is 4. The summed E-state index contributed by atoms with van der Waals surface area (Å²) in [6.45, 7) is 0.461. The molecular weight excluding hydrogens is 378 g/mol. The molecule has 0 aliphatic carbocycles. The minimum Gasteiger partial charge on any atom is -0.367 e. The molecule has 0 radical (unpaired) electrons. The summed E-state index contributed by atoms with van der Waals surface area (Å²) >= 11 is 0. The molecule has 0 unspecified atom stereocenters. The monoisotopic (exact) mass is 394 g/mol. The summed E-state index contributed by atoms with van der Waals surface area (Å²) in [5.74, 6) is -1.46. The van der Waals surface area contributed by atoms with E-state index in [2.05, 4.69) is 25.9 Å². The second-order valence-electron chi connectivity index (χ2n) is 6.16. The Labute approximate surface area is 164 Å². The van der Waals surface area contributed by atoms with E-state index in [1.54, 1.807) is 16.6 Å². The number of nitrogens with zero attached hydrogens (tertiary/aromatic N) is 4. The molecule has 29 heavy (non-hydrogen) atoms. The molecule has 4 aromatic rings. The van der Waals surface area contributed by atoms with Crippen LogP contribution in [0.25, 0.3) is 17.0 Å². The van der Waals surface area contributed by atoms with Gasteiger partial charge in [-0.15, -0.1) is 15.3 Å². The normalized spacial score (nSPS) is 10.8. The average Bonchev–Trinajstić information content (AvgIpc) is 3.15. The molecule has 2 aromatic heterocycles. The van der Waals surface area contributed by atoms with Crippen LogP contribution >= 0.6 is 0 Å². The molecule has 9 heteroatoms. The van der Waals surface area contributed by atoms with Crippen molar-refractivity contribution in [3.63, 3.8) is 0 Å². The number of anilines is 1. The number of hydrogen-bond donors (Lipinski definition) is 2. The molecule has 4 rings (SSSR count). The van der Waals surface area contributed by atoms with Crippen molar-refractivity contribution in [1.82, 2.24) is 25.1 Å². The molecule has 0 fully saturated rings. The zero-order chi connectivity index (χ0) is 20.2. The lowest BCUT2D eigenvalue weighted by Gasteiger charge is -2.09. The third-order valence-corrected chi connectivity index (χ3v) is 4.20. The molecule has 0 spiro atoms. The number of fused-ring (bicyclic) bond motifs is 1. The molecule has 0 saturated heterocycles. The highest BCUT2D eigenvalue weighted by atomic mass is 19.1. The summed E-state index contributed by atoms with van der Waals surface area (Å²) < 4.78 is 28.9. The van der Waals surface area contributed by atoms with Crippen molar-refractivity contribution in [2.24, 2.45) is 0 Å². The van der Waals surface area contributed by atoms with E-state index in [0.29, 0.717) is 23.8 Å². The second-order valence-corrected chi connectivity index (χ2v) is 6.16. The first kappa shape index (κ1) is 18.5. The number of halogens is 2. The average molecular weight is 394 g/mol. The Morgan fingerprint density at radius 1 is 0.897 bits per heavy atom. The molecule has 0 aliphatic heterocycles. The molecular formula is C20H16F2N6O.